The molecule has 7 heteroatoms. The van der Waals surface area contributed by atoms with E-state index < -0.39 is 0 Å². The van der Waals surface area contributed by atoms with Crippen molar-refractivity contribution in [1.29, 1.82) is 0 Å². The fraction of sp³-hybridized carbons (Fsp3) is 0.462. The van der Waals surface area contributed by atoms with Crippen molar-refractivity contribution in [1.82, 2.24) is 5.32 Å². The third-order valence-electron chi connectivity index (χ3n) is 2.73. The molecule has 0 radical (unpaired) electrons. The van der Waals surface area contributed by atoms with Gasteiger partial charge in [-0.25, -0.2) is 4.39 Å². The smallest absolute Gasteiger partial charge is 0.222 e. The minimum Gasteiger partial charge on any atom is -0.380 e. The monoisotopic (exact) mass is 368 g/mol. The van der Waals surface area contributed by atoms with E-state index in [1.54, 1.807) is 12.1 Å². The van der Waals surface area contributed by atoms with E-state index in [0.29, 0.717) is 24.0 Å². The molecular formula is C13H19BrClFN2O2. The van der Waals surface area contributed by atoms with Gasteiger partial charge in [-0.2, -0.15) is 0 Å². The van der Waals surface area contributed by atoms with Crippen LogP contribution < -0.4 is 11.1 Å². The average Bonchev–Trinajstić information content (AvgIpc) is 2.40. The summed E-state index contributed by atoms with van der Waals surface area (Å²) in [6, 6.07) is 4.81. The van der Waals surface area contributed by atoms with Gasteiger partial charge in [0.2, 0.25) is 5.91 Å². The highest BCUT2D eigenvalue weighted by atomic mass is 79.9. The number of methoxy groups -OCH3 is 1. The molecule has 0 aliphatic carbocycles. The van der Waals surface area contributed by atoms with E-state index in [0.717, 1.165) is 5.56 Å². The second-order valence-electron chi connectivity index (χ2n) is 4.15. The predicted octanol–water partition coefficient (Wildman–Crippen LogP) is 2.03. The average molecular weight is 370 g/mol. The predicted molar refractivity (Wildman–Crippen MR) is 82.5 cm³/mol. The summed E-state index contributed by atoms with van der Waals surface area (Å²) in [6.45, 7) is 0.812. The highest BCUT2D eigenvalue weighted by Gasteiger charge is 2.10. The fourth-order valence-electron chi connectivity index (χ4n) is 1.58. The van der Waals surface area contributed by atoms with Gasteiger partial charge in [-0.15, -0.1) is 12.4 Å². The van der Waals surface area contributed by atoms with Gasteiger partial charge in [-0.1, -0.05) is 6.07 Å². The molecule has 0 bridgehead atoms. The van der Waals surface area contributed by atoms with Crippen molar-refractivity contribution in [2.75, 3.05) is 20.2 Å². The van der Waals surface area contributed by atoms with E-state index in [2.05, 4.69) is 21.2 Å². The van der Waals surface area contributed by atoms with Crippen LogP contribution in [-0.2, 0) is 16.0 Å². The molecule has 0 aliphatic rings. The topological polar surface area (TPSA) is 64.3 Å². The third-order valence-corrected chi connectivity index (χ3v) is 3.34. The second kappa shape index (κ2) is 10.1. The van der Waals surface area contributed by atoms with Crippen LogP contribution in [0.2, 0.25) is 0 Å². The number of rotatable bonds is 7. The Morgan fingerprint density at radius 1 is 1.55 bits per heavy atom. The normalized spacial score (nSPS) is 11.6. The van der Waals surface area contributed by atoms with Crippen molar-refractivity contribution in [3.63, 3.8) is 0 Å². The minimum atomic E-state index is -0.293. The summed E-state index contributed by atoms with van der Waals surface area (Å²) in [7, 11) is 1.53. The molecule has 0 aliphatic heterocycles. The largest absolute Gasteiger partial charge is 0.380 e. The number of hydrogen-bond acceptors (Lipinski definition) is 3. The van der Waals surface area contributed by atoms with Crippen LogP contribution in [0.15, 0.2) is 22.7 Å². The van der Waals surface area contributed by atoms with Crippen LogP contribution in [0.5, 0.6) is 0 Å². The minimum absolute atomic E-state index is 0. The highest BCUT2D eigenvalue weighted by Crippen LogP contribution is 2.16. The summed E-state index contributed by atoms with van der Waals surface area (Å²) in [5.74, 6) is -0.392. The van der Waals surface area contributed by atoms with Crippen molar-refractivity contribution >= 4 is 34.2 Å². The maximum atomic E-state index is 13.0. The zero-order chi connectivity index (χ0) is 14.3. The Hall–Kier alpha value is -0.690. The molecular weight excluding hydrogens is 351 g/mol. The molecule has 0 aromatic heterocycles. The third kappa shape index (κ3) is 6.65. The summed E-state index contributed by atoms with van der Waals surface area (Å²) in [6.07, 6.45) is 0.644. The maximum Gasteiger partial charge on any atom is 0.222 e. The second-order valence-corrected chi connectivity index (χ2v) is 5.00. The molecule has 0 saturated heterocycles. The number of halogens is 3. The summed E-state index contributed by atoms with van der Waals surface area (Å²) < 4.78 is 18.5. The maximum absolute atomic E-state index is 13.0. The molecule has 0 spiro atoms. The number of benzene rings is 1. The Morgan fingerprint density at radius 3 is 2.80 bits per heavy atom. The lowest BCUT2D eigenvalue weighted by atomic mass is 10.1. The molecule has 4 nitrogen and oxygen atoms in total. The molecule has 1 rings (SSSR count). The van der Waals surface area contributed by atoms with E-state index in [1.165, 1.54) is 13.2 Å². The van der Waals surface area contributed by atoms with Gasteiger partial charge in [0.15, 0.2) is 0 Å². The first-order valence-electron chi connectivity index (χ1n) is 6.00. The van der Waals surface area contributed by atoms with Gasteiger partial charge < -0.3 is 15.8 Å². The molecule has 0 saturated carbocycles. The highest BCUT2D eigenvalue weighted by molar-refractivity contribution is 9.10. The number of ether oxygens (including phenoxy) is 1. The van der Waals surface area contributed by atoms with Crippen LogP contribution in [0.3, 0.4) is 0 Å². The molecule has 20 heavy (non-hydrogen) atoms. The van der Waals surface area contributed by atoms with Crippen LogP contribution in [0, 0.1) is 5.82 Å². The summed E-state index contributed by atoms with van der Waals surface area (Å²) in [4.78, 5) is 11.6. The summed E-state index contributed by atoms with van der Waals surface area (Å²) >= 11 is 3.13. The molecule has 3 N–H and O–H groups in total. The van der Waals surface area contributed by atoms with Crippen LogP contribution >= 0.6 is 28.3 Å². The first kappa shape index (κ1) is 19.3. The van der Waals surface area contributed by atoms with E-state index in [1.807, 2.05) is 0 Å². The Morgan fingerprint density at radius 2 is 2.25 bits per heavy atom. The molecule has 114 valence electrons. The molecule has 1 amide bonds. The van der Waals surface area contributed by atoms with Crippen molar-refractivity contribution in [2.24, 2.45) is 5.73 Å². The number of nitrogens with one attached hydrogen (secondary N) is 1. The van der Waals surface area contributed by atoms with Crippen LogP contribution in [0.1, 0.15) is 12.0 Å². The molecule has 1 aromatic rings. The number of carbonyl (C=O) groups excluding carboxylic acids is 1. The van der Waals surface area contributed by atoms with Gasteiger partial charge >= 0.3 is 0 Å². The molecule has 0 heterocycles. The summed E-state index contributed by atoms with van der Waals surface area (Å²) in [5.41, 5.74) is 6.39. The molecule has 1 aromatic carbocycles. The number of hydrogen-bond donors (Lipinski definition) is 2. The lowest BCUT2D eigenvalue weighted by Gasteiger charge is -2.12. The summed E-state index contributed by atoms with van der Waals surface area (Å²) in [5, 5.41) is 2.78. The Labute approximate surface area is 132 Å². The van der Waals surface area contributed by atoms with Gasteiger partial charge in [0, 0.05) is 20.2 Å². The number of carbonyl (C=O) groups is 1. The Bertz CT molecular complexity index is 431. The van der Waals surface area contributed by atoms with E-state index in [4.69, 9.17) is 10.5 Å². The van der Waals surface area contributed by atoms with Crippen LogP contribution in [-0.4, -0.2) is 32.2 Å². The Balaban J connectivity index is 0.00000361. The van der Waals surface area contributed by atoms with Gasteiger partial charge in [0.05, 0.1) is 17.0 Å². The van der Waals surface area contributed by atoms with Crippen molar-refractivity contribution in [3.8, 4) is 0 Å². The zero-order valence-electron chi connectivity index (χ0n) is 11.2. The van der Waals surface area contributed by atoms with Crippen molar-refractivity contribution < 1.29 is 13.9 Å². The van der Waals surface area contributed by atoms with Gasteiger partial charge in [0.1, 0.15) is 5.82 Å². The Kier molecular flexibility index (Phi) is 9.75. The van der Waals surface area contributed by atoms with Gasteiger partial charge in [-0.05, 0) is 40.0 Å². The lowest BCUT2D eigenvalue weighted by molar-refractivity contribution is -0.123. The van der Waals surface area contributed by atoms with Crippen molar-refractivity contribution in [3.05, 3.63) is 34.1 Å². The van der Waals surface area contributed by atoms with E-state index in [-0.39, 0.29) is 36.7 Å². The van der Waals surface area contributed by atoms with E-state index in [9.17, 15) is 9.18 Å². The number of nitrogens with two attached hydrogens (primary N) is 1. The van der Waals surface area contributed by atoms with E-state index >= 15 is 0 Å². The molecule has 0 fully saturated rings. The van der Waals surface area contributed by atoms with Crippen LogP contribution in [0.4, 0.5) is 4.39 Å². The molecule has 1 atom stereocenters. The standard InChI is InChI=1S/C13H18BrFN2O2.ClH/c1-19-10(8-16)7-13(18)17-5-4-9-2-3-12(15)11(14)6-9;/h2-3,6,10H,4-5,7-8,16H2,1H3,(H,17,18);1H. The zero-order valence-corrected chi connectivity index (χ0v) is 13.6. The quantitative estimate of drug-likeness (QED) is 0.773. The van der Waals surface area contributed by atoms with Crippen LogP contribution in [0.25, 0.3) is 0 Å². The van der Waals surface area contributed by atoms with Gasteiger partial charge in [-0.3, -0.25) is 4.79 Å². The fourth-order valence-corrected chi connectivity index (χ4v) is 2.01. The first-order valence-corrected chi connectivity index (χ1v) is 6.79. The number of amides is 1. The SMILES string of the molecule is COC(CN)CC(=O)NCCc1ccc(F)c(Br)c1.Cl. The lowest BCUT2D eigenvalue weighted by Crippen LogP contribution is -2.33. The first-order chi connectivity index (χ1) is 9.06. The van der Waals surface area contributed by atoms with Crippen molar-refractivity contribution in [2.45, 2.75) is 18.9 Å². The molecule has 1 unspecified atom stereocenters. The van der Waals surface area contributed by atoms with Gasteiger partial charge in [0.25, 0.3) is 0 Å².